The van der Waals surface area contributed by atoms with Crippen molar-refractivity contribution in [3.05, 3.63) is 74.8 Å². The largest absolute Gasteiger partial charge is 0.292 e. The van der Waals surface area contributed by atoms with E-state index < -0.39 is 46.8 Å². The lowest BCUT2D eigenvalue weighted by atomic mass is 9.81. The maximum atomic E-state index is 13.4. The van der Waals surface area contributed by atoms with E-state index in [-0.39, 0.29) is 16.8 Å². The number of hydrogen-bond acceptors (Lipinski definition) is 6. The number of imide groups is 1. The van der Waals surface area contributed by atoms with Gasteiger partial charge in [-0.25, -0.2) is 5.01 Å². The van der Waals surface area contributed by atoms with Crippen LogP contribution >= 0.6 is 11.6 Å². The number of hydrogen-bond donors (Lipinski definition) is 0. The number of nitro groups is 1. The summed E-state index contributed by atoms with van der Waals surface area (Å²) in [5.41, 5.74) is 0.0621. The molecule has 0 unspecified atom stereocenters. The summed E-state index contributed by atoms with van der Waals surface area (Å²) in [5.74, 6) is -3.27. The summed E-state index contributed by atoms with van der Waals surface area (Å²) in [6.07, 6.45) is 2.73. The highest BCUT2D eigenvalue weighted by atomic mass is 35.5. The Kier molecular flexibility index (Phi) is 6.24. The maximum absolute atomic E-state index is 13.4. The molecule has 1 heterocycles. The second-order valence-corrected chi connectivity index (χ2v) is 8.52. The van der Waals surface area contributed by atoms with Crippen LogP contribution in [0.25, 0.3) is 0 Å². The number of nitrogens with zero attached hydrogens (tertiary/aromatic N) is 3. The molecule has 0 radical (unpaired) electrons. The highest BCUT2D eigenvalue weighted by Gasteiger charge is 2.51. The lowest BCUT2D eigenvalue weighted by Gasteiger charge is -2.30. The van der Waals surface area contributed by atoms with Crippen molar-refractivity contribution in [3.63, 3.8) is 0 Å². The van der Waals surface area contributed by atoms with Gasteiger partial charge in [-0.05, 0) is 49.2 Å². The highest BCUT2D eigenvalue weighted by Crippen LogP contribution is 2.39. The van der Waals surface area contributed by atoms with E-state index in [0.717, 1.165) is 35.0 Å². The molecular weight excluding hydrogens is 450 g/mol. The molecule has 4 rings (SSSR count). The van der Waals surface area contributed by atoms with Gasteiger partial charge in [-0.3, -0.25) is 29.3 Å². The zero-order valence-electron chi connectivity index (χ0n) is 17.5. The van der Waals surface area contributed by atoms with Gasteiger partial charge in [-0.1, -0.05) is 24.4 Å². The summed E-state index contributed by atoms with van der Waals surface area (Å²) in [4.78, 5) is 62.9. The van der Waals surface area contributed by atoms with E-state index >= 15 is 0 Å². The first-order valence-corrected chi connectivity index (χ1v) is 10.9. The first kappa shape index (κ1) is 22.6. The number of carbonyl (C=O) groups excluding carboxylic acids is 4. The molecule has 2 aliphatic rings. The quantitative estimate of drug-likeness (QED) is 0.276. The zero-order chi connectivity index (χ0) is 23.7. The molecule has 170 valence electrons. The number of hydrazine groups is 1. The number of benzene rings is 2. The molecular formula is C23H20ClN3O6. The van der Waals surface area contributed by atoms with Crippen molar-refractivity contribution in [1.82, 2.24) is 10.0 Å². The summed E-state index contributed by atoms with van der Waals surface area (Å²) in [7, 11) is 0. The van der Waals surface area contributed by atoms with Gasteiger partial charge in [-0.2, -0.15) is 5.01 Å². The second-order valence-electron chi connectivity index (χ2n) is 8.08. The molecule has 1 saturated carbocycles. The van der Waals surface area contributed by atoms with Crippen LogP contribution in [-0.2, 0) is 9.59 Å². The minimum atomic E-state index is -0.771. The van der Waals surface area contributed by atoms with Gasteiger partial charge in [0.25, 0.3) is 23.4 Å². The third kappa shape index (κ3) is 4.36. The topological polar surface area (TPSA) is 118 Å². The summed E-state index contributed by atoms with van der Waals surface area (Å²) >= 11 is 5.88. The van der Waals surface area contributed by atoms with Crippen LogP contribution in [0.5, 0.6) is 0 Å². The number of non-ortho nitro benzene ring substituents is 1. The lowest BCUT2D eigenvalue weighted by Crippen LogP contribution is -2.52. The first-order valence-electron chi connectivity index (χ1n) is 10.5. The predicted octanol–water partition coefficient (Wildman–Crippen LogP) is 3.66. The highest BCUT2D eigenvalue weighted by molar-refractivity contribution is 6.30. The Morgan fingerprint density at radius 2 is 1.45 bits per heavy atom. The van der Waals surface area contributed by atoms with Gasteiger partial charge in [0.2, 0.25) is 0 Å². The molecule has 2 atom stereocenters. The average molecular weight is 470 g/mol. The predicted molar refractivity (Wildman–Crippen MR) is 117 cm³/mol. The fourth-order valence-corrected chi connectivity index (χ4v) is 4.48. The number of ketones is 1. The van der Waals surface area contributed by atoms with Crippen LogP contribution in [0.15, 0.2) is 48.5 Å². The zero-order valence-corrected chi connectivity index (χ0v) is 18.2. The SMILES string of the molecule is O=C(CN(C(=O)c1ccc([N+](=O)[O-])cc1)N1C(=O)[C@@H]2CCCC[C@H]2C1=O)c1ccc(Cl)cc1. The molecule has 0 bridgehead atoms. The van der Waals surface area contributed by atoms with Crippen molar-refractivity contribution in [1.29, 1.82) is 0 Å². The Morgan fingerprint density at radius 3 is 1.97 bits per heavy atom. The van der Waals surface area contributed by atoms with Gasteiger partial charge in [0.1, 0.15) is 6.54 Å². The number of rotatable bonds is 6. The Labute approximate surface area is 194 Å². The summed E-state index contributed by atoms with van der Waals surface area (Å²) < 4.78 is 0. The van der Waals surface area contributed by atoms with E-state index in [0.29, 0.717) is 17.9 Å². The molecule has 1 aliphatic carbocycles. The van der Waals surface area contributed by atoms with Crippen LogP contribution in [0.4, 0.5) is 5.69 Å². The van der Waals surface area contributed by atoms with Crippen molar-refractivity contribution in [3.8, 4) is 0 Å². The summed E-state index contributed by atoms with van der Waals surface area (Å²) in [6.45, 7) is -0.547. The first-order chi connectivity index (χ1) is 15.8. The number of amides is 3. The maximum Gasteiger partial charge on any atom is 0.273 e. The van der Waals surface area contributed by atoms with E-state index in [1.54, 1.807) is 0 Å². The number of fused-ring (bicyclic) bond motifs is 1. The number of nitro benzene ring substituents is 1. The molecule has 10 heteroatoms. The Hall–Kier alpha value is -3.59. The van der Waals surface area contributed by atoms with Crippen LogP contribution < -0.4 is 0 Å². The van der Waals surface area contributed by atoms with Crippen LogP contribution in [0.2, 0.25) is 5.02 Å². The van der Waals surface area contributed by atoms with Crippen molar-refractivity contribution in [2.24, 2.45) is 11.8 Å². The Balaban J connectivity index is 1.68. The monoisotopic (exact) mass is 469 g/mol. The second kappa shape index (κ2) is 9.11. The molecule has 9 nitrogen and oxygen atoms in total. The molecule has 2 aromatic carbocycles. The van der Waals surface area contributed by atoms with Crippen LogP contribution in [0, 0.1) is 22.0 Å². The van der Waals surface area contributed by atoms with Gasteiger partial charge in [-0.15, -0.1) is 0 Å². The average Bonchev–Trinajstić information content (AvgIpc) is 3.07. The lowest BCUT2D eigenvalue weighted by molar-refractivity contribution is -0.384. The Morgan fingerprint density at radius 1 is 0.939 bits per heavy atom. The minimum Gasteiger partial charge on any atom is -0.292 e. The van der Waals surface area contributed by atoms with Gasteiger partial charge < -0.3 is 0 Å². The molecule has 0 aromatic heterocycles. The fraction of sp³-hybridized carbons (Fsp3) is 0.304. The number of Topliss-reactive ketones (excluding diaryl/α,β-unsaturated/α-hetero) is 1. The summed E-state index contributed by atoms with van der Waals surface area (Å²) in [6, 6.07) is 10.8. The van der Waals surface area contributed by atoms with Crippen LogP contribution in [-0.4, -0.2) is 45.0 Å². The smallest absolute Gasteiger partial charge is 0.273 e. The number of carbonyl (C=O) groups is 4. The standard InChI is InChI=1S/C23H20ClN3O6/c24-16-9-5-14(6-10-16)20(28)13-25(21(29)15-7-11-17(12-8-15)27(32)33)26-22(30)18-3-1-2-4-19(18)23(26)31/h5-12,18-19H,1-4,13H2/t18-,19-/m1/s1. The van der Waals surface area contributed by atoms with Gasteiger partial charge >= 0.3 is 0 Å². The van der Waals surface area contributed by atoms with E-state index in [9.17, 15) is 29.3 Å². The molecule has 0 spiro atoms. The normalized spacial score (nSPS) is 19.8. The molecule has 1 saturated heterocycles. The van der Waals surface area contributed by atoms with Gasteiger partial charge in [0, 0.05) is 28.3 Å². The molecule has 2 aromatic rings. The van der Waals surface area contributed by atoms with Gasteiger partial charge in [0.05, 0.1) is 16.8 Å². The van der Waals surface area contributed by atoms with Crippen molar-refractivity contribution < 1.29 is 24.1 Å². The molecule has 33 heavy (non-hydrogen) atoms. The summed E-state index contributed by atoms with van der Waals surface area (Å²) in [5, 5.41) is 13.0. The van der Waals surface area contributed by atoms with Crippen LogP contribution in [0.1, 0.15) is 46.4 Å². The molecule has 1 aliphatic heterocycles. The van der Waals surface area contributed by atoms with E-state index in [1.807, 2.05) is 0 Å². The Bertz CT molecular complexity index is 1110. The van der Waals surface area contributed by atoms with Crippen molar-refractivity contribution in [2.45, 2.75) is 25.7 Å². The van der Waals surface area contributed by atoms with E-state index in [1.165, 1.54) is 36.4 Å². The van der Waals surface area contributed by atoms with E-state index in [4.69, 9.17) is 11.6 Å². The van der Waals surface area contributed by atoms with Gasteiger partial charge in [0.15, 0.2) is 5.78 Å². The van der Waals surface area contributed by atoms with Crippen molar-refractivity contribution in [2.75, 3.05) is 6.54 Å². The molecule has 2 fully saturated rings. The fourth-order valence-electron chi connectivity index (χ4n) is 4.35. The molecule has 3 amide bonds. The van der Waals surface area contributed by atoms with Crippen LogP contribution in [0.3, 0.4) is 0 Å². The van der Waals surface area contributed by atoms with Crippen molar-refractivity contribution >= 4 is 40.8 Å². The molecule has 0 N–H and O–H groups in total. The van der Waals surface area contributed by atoms with E-state index in [2.05, 4.69) is 0 Å². The third-order valence-corrected chi connectivity index (χ3v) is 6.33. The number of halogens is 1. The minimum absolute atomic E-state index is 0.0139. The third-order valence-electron chi connectivity index (χ3n) is 6.08.